The van der Waals surface area contributed by atoms with E-state index in [0.29, 0.717) is 9.64 Å². The van der Waals surface area contributed by atoms with Crippen molar-refractivity contribution in [2.45, 2.75) is 18.1 Å². The van der Waals surface area contributed by atoms with Crippen molar-refractivity contribution in [3.05, 3.63) is 69.3 Å². The molecular weight excluding hydrogens is 469 g/mol. The Morgan fingerprint density at radius 2 is 1.92 bits per heavy atom. The minimum absolute atomic E-state index is 0.414. The number of hydrogen-bond acceptors (Lipinski definition) is 5. The third-order valence-corrected chi connectivity index (χ3v) is 4.37. The molecule has 0 unspecified atom stereocenters. The van der Waals surface area contributed by atoms with Crippen molar-refractivity contribution in [2.24, 2.45) is 0 Å². The monoisotopic (exact) mass is 479 g/mol. The van der Waals surface area contributed by atoms with Crippen molar-refractivity contribution in [3.63, 3.8) is 0 Å². The molecular formula is C15H10F4IN5O. The fourth-order valence-corrected chi connectivity index (χ4v) is 2.76. The van der Waals surface area contributed by atoms with Gasteiger partial charge < -0.3 is 5.11 Å². The Labute approximate surface area is 158 Å². The van der Waals surface area contributed by atoms with E-state index < -0.39 is 41.0 Å². The standard InChI is InChI=1S/C15H10F4IN5O/c16-9-1-3-11(12(17)5-9)14(26,7-25-8-22-23-24-25)15(18,19)13-4-2-10(20)6-21-13/h1-6,8,26H,7H2/t14-/m1/s1. The fourth-order valence-electron chi connectivity index (χ4n) is 2.44. The molecule has 2 aromatic heterocycles. The Hall–Kier alpha value is -2.15. The first-order valence-electron chi connectivity index (χ1n) is 7.12. The Kier molecular flexibility index (Phi) is 4.92. The first-order chi connectivity index (χ1) is 12.2. The number of aliphatic hydroxyl groups is 1. The van der Waals surface area contributed by atoms with Gasteiger partial charge in [-0.1, -0.05) is 0 Å². The molecule has 0 saturated carbocycles. The highest BCUT2D eigenvalue weighted by molar-refractivity contribution is 14.1. The molecule has 0 aliphatic carbocycles. The minimum atomic E-state index is -4.04. The number of halogens is 5. The lowest BCUT2D eigenvalue weighted by Crippen LogP contribution is -2.48. The number of benzene rings is 1. The molecule has 3 rings (SSSR count). The van der Waals surface area contributed by atoms with Crippen molar-refractivity contribution >= 4 is 22.6 Å². The average Bonchev–Trinajstić information content (AvgIpc) is 3.07. The lowest BCUT2D eigenvalue weighted by Gasteiger charge is -2.35. The summed E-state index contributed by atoms with van der Waals surface area (Å²) in [5.41, 5.74) is -4.71. The van der Waals surface area contributed by atoms with Gasteiger partial charge in [-0.25, -0.2) is 13.5 Å². The van der Waals surface area contributed by atoms with Crippen LogP contribution < -0.4 is 0 Å². The molecule has 6 nitrogen and oxygen atoms in total. The summed E-state index contributed by atoms with van der Waals surface area (Å²) < 4.78 is 59.4. The number of aromatic nitrogens is 5. The SMILES string of the molecule is O[C@](Cn1cnnn1)(c1ccc(F)cc1F)C(F)(F)c1ccc(I)cn1. The predicted molar refractivity (Wildman–Crippen MR) is 88.9 cm³/mol. The maximum Gasteiger partial charge on any atom is 0.323 e. The van der Waals surface area contributed by atoms with E-state index in [1.807, 2.05) is 22.6 Å². The van der Waals surface area contributed by atoms with Crippen LogP contribution >= 0.6 is 22.6 Å². The summed E-state index contributed by atoms with van der Waals surface area (Å²) in [6.07, 6.45) is 2.17. The predicted octanol–water partition coefficient (Wildman–Crippen LogP) is 2.63. The second-order valence-electron chi connectivity index (χ2n) is 5.43. The van der Waals surface area contributed by atoms with Gasteiger partial charge >= 0.3 is 5.92 Å². The van der Waals surface area contributed by atoms with Gasteiger partial charge in [-0.15, -0.1) is 5.10 Å². The van der Waals surface area contributed by atoms with Crippen LogP contribution in [0.15, 0.2) is 42.9 Å². The van der Waals surface area contributed by atoms with Crippen LogP contribution in [0, 0.1) is 15.2 Å². The topological polar surface area (TPSA) is 76.7 Å². The van der Waals surface area contributed by atoms with Gasteiger partial charge in [-0.3, -0.25) is 4.98 Å². The summed E-state index contributed by atoms with van der Waals surface area (Å²) in [5.74, 6) is -6.33. The highest BCUT2D eigenvalue weighted by Crippen LogP contribution is 2.46. The molecule has 0 aliphatic rings. The van der Waals surface area contributed by atoms with E-state index in [-0.39, 0.29) is 0 Å². The highest BCUT2D eigenvalue weighted by Gasteiger charge is 2.57. The minimum Gasteiger partial charge on any atom is -0.377 e. The van der Waals surface area contributed by atoms with Gasteiger partial charge in [-0.2, -0.15) is 8.78 Å². The summed E-state index contributed by atoms with van der Waals surface area (Å²) in [5, 5.41) is 21.0. The summed E-state index contributed by atoms with van der Waals surface area (Å²) >= 11 is 1.88. The quantitative estimate of drug-likeness (QED) is 0.450. The van der Waals surface area contributed by atoms with E-state index in [1.165, 1.54) is 12.3 Å². The van der Waals surface area contributed by atoms with E-state index in [9.17, 15) is 13.9 Å². The van der Waals surface area contributed by atoms with Gasteiger partial charge in [0.2, 0.25) is 0 Å². The van der Waals surface area contributed by atoms with Gasteiger partial charge in [0.1, 0.15) is 23.7 Å². The first-order valence-corrected chi connectivity index (χ1v) is 8.20. The molecule has 2 heterocycles. The van der Waals surface area contributed by atoms with Crippen LogP contribution in [0.25, 0.3) is 0 Å². The van der Waals surface area contributed by atoms with Crippen molar-refractivity contribution in [1.82, 2.24) is 25.2 Å². The second-order valence-corrected chi connectivity index (χ2v) is 6.67. The van der Waals surface area contributed by atoms with Crippen molar-refractivity contribution < 1.29 is 22.7 Å². The highest BCUT2D eigenvalue weighted by atomic mass is 127. The van der Waals surface area contributed by atoms with E-state index in [0.717, 1.165) is 29.2 Å². The zero-order chi connectivity index (χ0) is 18.9. The number of hydrogen-bond donors (Lipinski definition) is 1. The third kappa shape index (κ3) is 3.28. The van der Waals surface area contributed by atoms with Crippen molar-refractivity contribution in [2.75, 3.05) is 0 Å². The number of nitrogens with zero attached hydrogens (tertiary/aromatic N) is 5. The maximum atomic E-state index is 15.2. The molecule has 0 spiro atoms. The van der Waals surface area contributed by atoms with Crippen LogP contribution in [0.1, 0.15) is 11.3 Å². The molecule has 136 valence electrons. The fraction of sp³-hybridized carbons (Fsp3) is 0.200. The van der Waals surface area contributed by atoms with Crippen LogP contribution in [0.4, 0.5) is 17.6 Å². The number of pyridine rings is 1. The molecule has 1 N–H and O–H groups in total. The van der Waals surface area contributed by atoms with Gasteiger partial charge in [0.05, 0.1) is 6.54 Å². The smallest absolute Gasteiger partial charge is 0.323 e. The Morgan fingerprint density at radius 1 is 1.15 bits per heavy atom. The van der Waals surface area contributed by atoms with Crippen LogP contribution in [0.2, 0.25) is 0 Å². The molecule has 0 saturated heterocycles. The van der Waals surface area contributed by atoms with E-state index >= 15 is 8.78 Å². The van der Waals surface area contributed by atoms with Crippen LogP contribution in [0.5, 0.6) is 0 Å². The maximum absolute atomic E-state index is 15.2. The molecule has 3 aromatic rings. The number of alkyl halides is 2. The van der Waals surface area contributed by atoms with Crippen LogP contribution in [0.3, 0.4) is 0 Å². The summed E-state index contributed by atoms with van der Waals surface area (Å²) in [7, 11) is 0. The van der Waals surface area contributed by atoms with Gasteiger partial charge in [0.15, 0.2) is 5.60 Å². The zero-order valence-corrected chi connectivity index (χ0v) is 15.0. The number of rotatable bonds is 5. The molecule has 0 amide bonds. The Bertz CT molecular complexity index is 907. The van der Waals surface area contributed by atoms with Crippen molar-refractivity contribution in [1.29, 1.82) is 0 Å². The van der Waals surface area contributed by atoms with E-state index in [2.05, 4.69) is 20.5 Å². The molecule has 0 radical (unpaired) electrons. The van der Waals surface area contributed by atoms with E-state index in [1.54, 1.807) is 0 Å². The first kappa shape index (κ1) is 18.6. The van der Waals surface area contributed by atoms with E-state index in [4.69, 9.17) is 0 Å². The van der Waals surface area contributed by atoms with Gasteiger partial charge in [0.25, 0.3) is 0 Å². The Balaban J connectivity index is 2.17. The number of tetrazole rings is 1. The largest absolute Gasteiger partial charge is 0.377 e. The molecule has 26 heavy (non-hydrogen) atoms. The zero-order valence-electron chi connectivity index (χ0n) is 12.8. The summed E-state index contributed by atoms with van der Waals surface area (Å²) in [4.78, 5) is 3.64. The lowest BCUT2D eigenvalue weighted by molar-refractivity contribution is -0.207. The molecule has 1 aromatic carbocycles. The molecule has 0 bridgehead atoms. The second kappa shape index (κ2) is 6.87. The molecule has 1 atom stereocenters. The molecule has 0 aliphatic heterocycles. The van der Waals surface area contributed by atoms with Crippen LogP contribution in [-0.4, -0.2) is 30.3 Å². The lowest BCUT2D eigenvalue weighted by atomic mass is 9.84. The normalized spacial score (nSPS) is 14.2. The van der Waals surface area contributed by atoms with Crippen molar-refractivity contribution in [3.8, 4) is 0 Å². The van der Waals surface area contributed by atoms with Crippen LogP contribution in [-0.2, 0) is 18.1 Å². The third-order valence-electron chi connectivity index (χ3n) is 3.73. The Morgan fingerprint density at radius 3 is 2.50 bits per heavy atom. The molecule has 11 heteroatoms. The van der Waals surface area contributed by atoms with Gasteiger partial charge in [-0.05, 0) is 57.3 Å². The summed E-state index contributed by atoms with van der Waals surface area (Å²) in [6.45, 7) is -0.886. The average molecular weight is 479 g/mol. The summed E-state index contributed by atoms with van der Waals surface area (Å²) in [6, 6.07) is 4.34. The van der Waals surface area contributed by atoms with Gasteiger partial charge in [0, 0.05) is 21.4 Å². The molecule has 0 fully saturated rings.